The van der Waals surface area contributed by atoms with Gasteiger partial charge in [-0.1, -0.05) is 6.07 Å². The molecule has 2 aliphatic carbocycles. The van der Waals surface area contributed by atoms with Crippen LogP contribution >= 0.6 is 0 Å². The third-order valence-corrected chi connectivity index (χ3v) is 5.14. The molecule has 2 atom stereocenters. The van der Waals surface area contributed by atoms with E-state index in [0.717, 1.165) is 12.8 Å². The number of halogens is 2. The zero-order valence-electron chi connectivity index (χ0n) is 14.5. The van der Waals surface area contributed by atoms with E-state index in [4.69, 9.17) is 4.74 Å². The molecule has 0 saturated heterocycles. The van der Waals surface area contributed by atoms with E-state index in [2.05, 4.69) is 10.8 Å². The quantitative estimate of drug-likeness (QED) is 0.730. The minimum atomic E-state index is -3.02. The Morgan fingerprint density at radius 2 is 2.11 bits per heavy atom. The number of rotatable bonds is 7. The van der Waals surface area contributed by atoms with Crippen LogP contribution in [0.5, 0.6) is 11.5 Å². The standard InChI is InChI=1S/C19H19F2NO5/c20-18(21)27-15-4-3-12(7-16(15)26-9-11-1-2-11)19(10-22)6-5-14(23)13(8-19)17(24)25/h3-4,7,11,13,18H,1-2,5-6,8-9H2,(H,24,25). The first kappa shape index (κ1) is 19.1. The van der Waals surface area contributed by atoms with Crippen molar-refractivity contribution in [1.29, 1.82) is 5.26 Å². The van der Waals surface area contributed by atoms with Gasteiger partial charge in [0, 0.05) is 6.42 Å². The summed E-state index contributed by atoms with van der Waals surface area (Å²) in [6.07, 6.45) is 2.00. The van der Waals surface area contributed by atoms with Gasteiger partial charge in [0.05, 0.1) is 18.1 Å². The van der Waals surface area contributed by atoms with Crippen LogP contribution in [0, 0.1) is 23.2 Å². The van der Waals surface area contributed by atoms with Crippen molar-refractivity contribution in [2.75, 3.05) is 6.61 Å². The number of benzene rings is 1. The molecule has 2 fully saturated rings. The third kappa shape index (κ3) is 4.18. The minimum Gasteiger partial charge on any atom is -0.489 e. The zero-order chi connectivity index (χ0) is 19.6. The number of nitriles is 1. The highest BCUT2D eigenvalue weighted by atomic mass is 19.3. The van der Waals surface area contributed by atoms with Gasteiger partial charge in [0.1, 0.15) is 11.7 Å². The average Bonchev–Trinajstić information content (AvgIpc) is 3.45. The van der Waals surface area contributed by atoms with E-state index in [1.54, 1.807) is 0 Å². The molecule has 144 valence electrons. The van der Waals surface area contributed by atoms with Gasteiger partial charge in [-0.05, 0) is 49.3 Å². The predicted molar refractivity (Wildman–Crippen MR) is 88.6 cm³/mol. The van der Waals surface area contributed by atoms with Crippen molar-refractivity contribution >= 4 is 11.8 Å². The average molecular weight is 379 g/mol. The second-order valence-electron chi connectivity index (χ2n) is 7.05. The summed E-state index contributed by atoms with van der Waals surface area (Å²) in [5, 5.41) is 19.0. The number of Topliss-reactive ketones (excluding diaryl/α,β-unsaturated/α-hetero) is 1. The van der Waals surface area contributed by atoms with E-state index >= 15 is 0 Å². The Labute approximate surface area is 154 Å². The number of carbonyl (C=O) groups excluding carboxylic acids is 1. The Morgan fingerprint density at radius 3 is 2.70 bits per heavy atom. The highest BCUT2D eigenvalue weighted by Crippen LogP contribution is 2.43. The van der Waals surface area contributed by atoms with Crippen molar-refractivity contribution in [3.8, 4) is 17.6 Å². The summed E-state index contributed by atoms with van der Waals surface area (Å²) in [7, 11) is 0. The molecule has 6 nitrogen and oxygen atoms in total. The molecule has 0 radical (unpaired) electrons. The molecule has 2 unspecified atom stereocenters. The smallest absolute Gasteiger partial charge is 0.387 e. The van der Waals surface area contributed by atoms with Crippen molar-refractivity contribution in [2.24, 2.45) is 11.8 Å². The molecule has 0 bridgehead atoms. The Balaban J connectivity index is 1.93. The maximum atomic E-state index is 12.7. The Kier molecular flexibility index (Phi) is 5.31. The lowest BCUT2D eigenvalue weighted by Gasteiger charge is -2.34. The number of carboxylic acid groups (broad SMARTS) is 1. The molecule has 3 rings (SSSR count). The van der Waals surface area contributed by atoms with E-state index < -0.39 is 29.7 Å². The fourth-order valence-corrected chi connectivity index (χ4v) is 3.33. The monoisotopic (exact) mass is 379 g/mol. The number of alkyl halides is 2. The van der Waals surface area contributed by atoms with Crippen LogP contribution in [0.1, 0.15) is 37.7 Å². The van der Waals surface area contributed by atoms with Gasteiger partial charge in [-0.3, -0.25) is 9.59 Å². The first-order chi connectivity index (χ1) is 12.8. The molecule has 0 amide bonds. The van der Waals surface area contributed by atoms with Gasteiger partial charge in [-0.2, -0.15) is 14.0 Å². The number of nitrogens with zero attached hydrogens (tertiary/aromatic N) is 1. The Bertz CT molecular complexity index is 787. The van der Waals surface area contributed by atoms with Crippen molar-refractivity contribution in [3.05, 3.63) is 23.8 Å². The molecule has 2 aliphatic rings. The van der Waals surface area contributed by atoms with Gasteiger partial charge in [-0.25, -0.2) is 0 Å². The molecule has 1 aromatic rings. The Hall–Kier alpha value is -2.69. The maximum Gasteiger partial charge on any atom is 0.387 e. The molecule has 27 heavy (non-hydrogen) atoms. The number of hydrogen-bond acceptors (Lipinski definition) is 5. The van der Waals surface area contributed by atoms with Crippen LogP contribution in [0.4, 0.5) is 8.78 Å². The SMILES string of the molecule is N#CC1(c2ccc(OC(F)F)c(OCC3CC3)c2)CCC(=O)C(C(=O)O)C1. The van der Waals surface area contributed by atoms with Crippen LogP contribution in [-0.2, 0) is 15.0 Å². The van der Waals surface area contributed by atoms with Gasteiger partial charge in [0.15, 0.2) is 11.5 Å². The van der Waals surface area contributed by atoms with Crippen LogP contribution in [-0.4, -0.2) is 30.1 Å². The second kappa shape index (κ2) is 7.51. The summed E-state index contributed by atoms with van der Waals surface area (Å²) in [5.74, 6) is -2.59. The molecule has 2 saturated carbocycles. The first-order valence-corrected chi connectivity index (χ1v) is 8.73. The van der Waals surface area contributed by atoms with E-state index in [0.29, 0.717) is 18.1 Å². The molecule has 0 aliphatic heterocycles. The van der Waals surface area contributed by atoms with Crippen molar-refractivity contribution in [2.45, 2.75) is 44.1 Å². The summed E-state index contributed by atoms with van der Waals surface area (Å²) in [4.78, 5) is 23.2. The lowest BCUT2D eigenvalue weighted by atomic mass is 9.66. The number of aliphatic carboxylic acids is 1. The molecule has 1 aromatic carbocycles. The summed E-state index contributed by atoms with van der Waals surface area (Å²) in [6, 6.07) is 6.36. The maximum absolute atomic E-state index is 12.7. The molecule has 0 aromatic heterocycles. The van der Waals surface area contributed by atoms with Crippen LogP contribution < -0.4 is 9.47 Å². The molecule has 0 spiro atoms. The van der Waals surface area contributed by atoms with Gasteiger partial charge >= 0.3 is 12.6 Å². The topological polar surface area (TPSA) is 96.6 Å². The Morgan fingerprint density at radius 1 is 1.37 bits per heavy atom. The largest absolute Gasteiger partial charge is 0.489 e. The van der Waals surface area contributed by atoms with E-state index in [1.807, 2.05) is 0 Å². The number of carboxylic acids is 1. The van der Waals surface area contributed by atoms with E-state index in [9.17, 15) is 28.7 Å². The fraction of sp³-hybridized carbons (Fsp3) is 0.526. The molecule has 8 heteroatoms. The van der Waals surface area contributed by atoms with Gasteiger partial charge < -0.3 is 14.6 Å². The predicted octanol–water partition coefficient (Wildman–Crippen LogP) is 3.29. The zero-order valence-corrected chi connectivity index (χ0v) is 14.5. The van der Waals surface area contributed by atoms with E-state index in [-0.39, 0.29) is 30.8 Å². The van der Waals surface area contributed by atoms with Crippen LogP contribution in [0.15, 0.2) is 18.2 Å². The minimum absolute atomic E-state index is 0.0297. The fourth-order valence-electron chi connectivity index (χ4n) is 3.33. The lowest BCUT2D eigenvalue weighted by molar-refractivity contribution is -0.148. The summed E-state index contributed by atoms with van der Waals surface area (Å²) in [5.41, 5.74) is -0.756. The van der Waals surface area contributed by atoms with Gasteiger partial charge in [0.25, 0.3) is 0 Å². The highest BCUT2D eigenvalue weighted by Gasteiger charge is 2.45. The molecular formula is C19H19F2NO5. The highest BCUT2D eigenvalue weighted by molar-refractivity contribution is 5.99. The summed E-state index contributed by atoms with van der Waals surface area (Å²) >= 11 is 0. The van der Waals surface area contributed by atoms with Crippen LogP contribution in [0.25, 0.3) is 0 Å². The van der Waals surface area contributed by atoms with Gasteiger partial charge in [0.2, 0.25) is 0 Å². The summed E-state index contributed by atoms with van der Waals surface area (Å²) in [6.45, 7) is -2.66. The number of carbonyl (C=O) groups is 2. The van der Waals surface area contributed by atoms with Crippen LogP contribution in [0.3, 0.4) is 0 Å². The second-order valence-corrected chi connectivity index (χ2v) is 7.05. The normalized spacial score (nSPS) is 25.1. The van der Waals surface area contributed by atoms with E-state index in [1.165, 1.54) is 18.2 Å². The van der Waals surface area contributed by atoms with Crippen LogP contribution in [0.2, 0.25) is 0 Å². The molecule has 1 N–H and O–H groups in total. The number of hydrogen-bond donors (Lipinski definition) is 1. The number of ketones is 1. The molecular weight excluding hydrogens is 360 g/mol. The lowest BCUT2D eigenvalue weighted by Crippen LogP contribution is -2.40. The van der Waals surface area contributed by atoms with Crippen molar-refractivity contribution < 1.29 is 33.0 Å². The summed E-state index contributed by atoms with van der Waals surface area (Å²) < 4.78 is 35.4. The third-order valence-electron chi connectivity index (χ3n) is 5.14. The molecule has 0 heterocycles. The number of ether oxygens (including phenoxy) is 2. The van der Waals surface area contributed by atoms with Gasteiger partial charge in [-0.15, -0.1) is 0 Å². The van der Waals surface area contributed by atoms with Crippen molar-refractivity contribution in [1.82, 2.24) is 0 Å². The first-order valence-electron chi connectivity index (χ1n) is 8.73. The van der Waals surface area contributed by atoms with Crippen molar-refractivity contribution in [3.63, 3.8) is 0 Å².